The molecule has 1 aliphatic heterocycles. The van der Waals surface area contributed by atoms with E-state index in [0.29, 0.717) is 0 Å². The van der Waals surface area contributed by atoms with Crippen molar-refractivity contribution >= 4 is 0 Å². The van der Waals surface area contributed by atoms with E-state index in [-0.39, 0.29) is 6.10 Å². The van der Waals surface area contributed by atoms with Crippen LogP contribution < -0.4 is 4.74 Å². The van der Waals surface area contributed by atoms with Crippen molar-refractivity contribution in [2.45, 2.75) is 12.5 Å². The van der Waals surface area contributed by atoms with Gasteiger partial charge in [0.15, 0.2) is 0 Å². The van der Waals surface area contributed by atoms with E-state index in [2.05, 4.69) is 36.4 Å². The van der Waals surface area contributed by atoms with Gasteiger partial charge in [-0.1, -0.05) is 36.4 Å². The molecule has 0 radical (unpaired) electrons. The molecule has 2 nitrogen and oxygen atoms in total. The Bertz CT molecular complexity index is 534. The van der Waals surface area contributed by atoms with Crippen molar-refractivity contribution in [2.75, 3.05) is 13.7 Å². The molecule has 2 heteroatoms. The molecule has 1 atom stereocenters. The zero-order chi connectivity index (χ0) is 12.4. The fraction of sp³-hybridized carbons (Fsp3) is 0.250. The van der Waals surface area contributed by atoms with Crippen molar-refractivity contribution in [3.8, 4) is 5.75 Å². The number of ether oxygens (including phenoxy) is 2. The Kier molecular flexibility index (Phi) is 3.03. The molecule has 2 aromatic carbocycles. The summed E-state index contributed by atoms with van der Waals surface area (Å²) in [4.78, 5) is 0. The van der Waals surface area contributed by atoms with E-state index in [1.807, 2.05) is 12.1 Å². The average Bonchev–Trinajstić information content (AvgIpc) is 2.47. The highest BCUT2D eigenvalue weighted by atomic mass is 16.5. The standard InChI is InChI=1S/C16H16O2/c1-17-14-7-8-15-13(11-14)9-10-18-16(15)12-5-3-2-4-6-12/h2-8,11,16H,9-10H2,1H3/t16-/m0/s1. The van der Waals surface area contributed by atoms with Crippen molar-refractivity contribution in [1.29, 1.82) is 0 Å². The van der Waals surface area contributed by atoms with Crippen LogP contribution in [0.5, 0.6) is 5.75 Å². The highest BCUT2D eigenvalue weighted by Crippen LogP contribution is 2.34. The molecule has 0 saturated heterocycles. The van der Waals surface area contributed by atoms with E-state index in [0.717, 1.165) is 18.8 Å². The number of rotatable bonds is 2. The predicted octanol–water partition coefficient (Wildman–Crippen LogP) is 3.36. The third-order valence-corrected chi connectivity index (χ3v) is 3.39. The van der Waals surface area contributed by atoms with Crippen LogP contribution in [0.15, 0.2) is 48.5 Å². The van der Waals surface area contributed by atoms with Crippen molar-refractivity contribution in [3.63, 3.8) is 0 Å². The van der Waals surface area contributed by atoms with Crippen molar-refractivity contribution in [3.05, 3.63) is 65.2 Å². The molecule has 0 saturated carbocycles. The maximum Gasteiger partial charge on any atom is 0.119 e. The second kappa shape index (κ2) is 4.83. The van der Waals surface area contributed by atoms with Gasteiger partial charge in [-0.3, -0.25) is 0 Å². The molecule has 0 aromatic heterocycles. The van der Waals surface area contributed by atoms with Gasteiger partial charge in [-0.2, -0.15) is 0 Å². The largest absolute Gasteiger partial charge is 0.497 e. The number of fused-ring (bicyclic) bond motifs is 1. The van der Waals surface area contributed by atoms with Crippen molar-refractivity contribution in [2.24, 2.45) is 0 Å². The lowest BCUT2D eigenvalue weighted by Crippen LogP contribution is -2.17. The minimum absolute atomic E-state index is 0.0563. The Morgan fingerprint density at radius 3 is 2.72 bits per heavy atom. The Balaban J connectivity index is 2.02. The third kappa shape index (κ3) is 2.00. The van der Waals surface area contributed by atoms with Gasteiger partial charge in [0.2, 0.25) is 0 Å². The Morgan fingerprint density at radius 2 is 1.94 bits per heavy atom. The van der Waals surface area contributed by atoms with E-state index in [1.54, 1.807) is 7.11 Å². The summed E-state index contributed by atoms with van der Waals surface area (Å²) in [6, 6.07) is 16.6. The highest BCUT2D eigenvalue weighted by molar-refractivity contribution is 5.42. The van der Waals surface area contributed by atoms with Crippen LogP contribution in [0.1, 0.15) is 22.8 Å². The quantitative estimate of drug-likeness (QED) is 0.801. The minimum atomic E-state index is 0.0563. The normalized spacial score (nSPS) is 18.2. The smallest absolute Gasteiger partial charge is 0.119 e. The Morgan fingerprint density at radius 1 is 1.11 bits per heavy atom. The summed E-state index contributed by atoms with van der Waals surface area (Å²) in [7, 11) is 1.70. The molecule has 0 amide bonds. The molecule has 0 bridgehead atoms. The molecule has 0 aliphatic carbocycles. The molecule has 1 heterocycles. The van der Waals surface area contributed by atoms with Crippen molar-refractivity contribution in [1.82, 2.24) is 0 Å². The second-order valence-corrected chi connectivity index (χ2v) is 4.48. The SMILES string of the molecule is COc1ccc2c(c1)CCO[C@H]2c1ccccc1. The summed E-state index contributed by atoms with van der Waals surface area (Å²) >= 11 is 0. The zero-order valence-electron chi connectivity index (χ0n) is 10.4. The zero-order valence-corrected chi connectivity index (χ0v) is 10.4. The van der Waals surface area contributed by atoms with Crippen LogP contribution in [0, 0.1) is 0 Å². The predicted molar refractivity (Wildman–Crippen MR) is 70.9 cm³/mol. The van der Waals surface area contributed by atoms with Gasteiger partial charge < -0.3 is 9.47 Å². The van der Waals surface area contributed by atoms with Crippen LogP contribution in [0.25, 0.3) is 0 Å². The summed E-state index contributed by atoms with van der Waals surface area (Å²) in [5, 5.41) is 0. The van der Waals surface area contributed by atoms with E-state index in [9.17, 15) is 0 Å². The van der Waals surface area contributed by atoms with E-state index in [1.165, 1.54) is 16.7 Å². The molecule has 0 N–H and O–H groups in total. The van der Waals surface area contributed by atoms with E-state index >= 15 is 0 Å². The first-order valence-electron chi connectivity index (χ1n) is 6.22. The van der Waals surface area contributed by atoms with Crippen LogP contribution in [-0.2, 0) is 11.2 Å². The molecule has 92 valence electrons. The van der Waals surface area contributed by atoms with Crippen LogP contribution in [-0.4, -0.2) is 13.7 Å². The lowest BCUT2D eigenvalue weighted by Gasteiger charge is -2.26. The monoisotopic (exact) mass is 240 g/mol. The number of hydrogen-bond donors (Lipinski definition) is 0. The summed E-state index contributed by atoms with van der Waals surface area (Å²) in [6.07, 6.45) is 1.01. The number of benzene rings is 2. The molecular weight excluding hydrogens is 224 g/mol. The van der Waals surface area contributed by atoms with Gasteiger partial charge >= 0.3 is 0 Å². The van der Waals surface area contributed by atoms with E-state index in [4.69, 9.17) is 9.47 Å². The Hall–Kier alpha value is -1.80. The minimum Gasteiger partial charge on any atom is -0.497 e. The summed E-state index contributed by atoms with van der Waals surface area (Å²) in [5.74, 6) is 0.919. The van der Waals surface area contributed by atoms with E-state index < -0.39 is 0 Å². The second-order valence-electron chi connectivity index (χ2n) is 4.48. The number of hydrogen-bond acceptors (Lipinski definition) is 2. The van der Waals surface area contributed by atoms with Crippen LogP contribution >= 0.6 is 0 Å². The fourth-order valence-corrected chi connectivity index (χ4v) is 2.46. The van der Waals surface area contributed by atoms with Crippen LogP contribution in [0.2, 0.25) is 0 Å². The van der Waals surface area contributed by atoms with Gasteiger partial charge in [-0.25, -0.2) is 0 Å². The molecule has 18 heavy (non-hydrogen) atoms. The fourth-order valence-electron chi connectivity index (χ4n) is 2.46. The molecule has 0 fully saturated rings. The van der Waals surface area contributed by atoms with Gasteiger partial charge in [0.1, 0.15) is 11.9 Å². The first kappa shape index (κ1) is 11.3. The molecule has 3 rings (SSSR count). The van der Waals surface area contributed by atoms with Gasteiger partial charge in [-0.15, -0.1) is 0 Å². The molecule has 0 unspecified atom stereocenters. The molecule has 0 spiro atoms. The third-order valence-electron chi connectivity index (χ3n) is 3.39. The highest BCUT2D eigenvalue weighted by Gasteiger charge is 2.22. The lowest BCUT2D eigenvalue weighted by molar-refractivity contribution is 0.0697. The topological polar surface area (TPSA) is 18.5 Å². The van der Waals surface area contributed by atoms with Gasteiger partial charge in [0.25, 0.3) is 0 Å². The Labute approximate surface area is 107 Å². The summed E-state index contributed by atoms with van der Waals surface area (Å²) in [5.41, 5.74) is 3.80. The maximum atomic E-state index is 5.92. The summed E-state index contributed by atoms with van der Waals surface area (Å²) < 4.78 is 11.2. The van der Waals surface area contributed by atoms with Gasteiger partial charge in [0, 0.05) is 0 Å². The maximum absolute atomic E-state index is 5.92. The number of methoxy groups -OCH3 is 1. The first-order valence-corrected chi connectivity index (χ1v) is 6.22. The lowest BCUT2D eigenvalue weighted by atomic mass is 9.93. The first-order chi connectivity index (χ1) is 8.88. The molecule has 1 aliphatic rings. The molecule has 2 aromatic rings. The van der Waals surface area contributed by atoms with Crippen molar-refractivity contribution < 1.29 is 9.47 Å². The van der Waals surface area contributed by atoms with Crippen LogP contribution in [0.4, 0.5) is 0 Å². The van der Waals surface area contributed by atoms with Gasteiger partial charge in [-0.05, 0) is 35.2 Å². The van der Waals surface area contributed by atoms with Crippen LogP contribution in [0.3, 0.4) is 0 Å². The average molecular weight is 240 g/mol. The van der Waals surface area contributed by atoms with Gasteiger partial charge in [0.05, 0.1) is 13.7 Å². The molecular formula is C16H16O2. The summed E-state index contributed by atoms with van der Waals surface area (Å²) in [6.45, 7) is 0.764.